The van der Waals surface area contributed by atoms with Crippen molar-refractivity contribution < 1.29 is 139 Å². The van der Waals surface area contributed by atoms with Gasteiger partial charge < -0.3 is 80.4 Å². The molecule has 0 aromatic heterocycles. The van der Waals surface area contributed by atoms with Gasteiger partial charge in [-0.1, -0.05) is 164 Å². The van der Waals surface area contributed by atoms with E-state index in [1.165, 1.54) is 84.5 Å². The Morgan fingerprint density at radius 2 is 0.686 bits per heavy atom. The molecule has 7 unspecified atom stereocenters. The number of carbonyl (C=O) groups excluding carboxylic acids is 8. The normalized spacial score (nSPS) is 18.3. The number of aryl methyl sites for hydroxylation is 10. The van der Waals surface area contributed by atoms with E-state index in [0.29, 0.717) is 88.3 Å². The number of aliphatic carboxylic acids is 2. The summed E-state index contributed by atoms with van der Waals surface area (Å²) in [6.07, 6.45) is 15.2. The molecule has 5 aromatic carbocycles. The molecule has 0 aliphatic carbocycles. The average molecular weight is 2240 g/mol. The number of quaternary nitrogens is 2. The number of carbonyl (C=O) groups is 10. The summed E-state index contributed by atoms with van der Waals surface area (Å²) in [5.41, 5.74) is 16.3. The van der Waals surface area contributed by atoms with E-state index in [1.54, 1.807) is 39.5 Å². The van der Waals surface area contributed by atoms with Gasteiger partial charge in [-0.15, -0.1) is 24.8 Å². The van der Waals surface area contributed by atoms with Gasteiger partial charge in [0.1, 0.15) is 35.4 Å². The summed E-state index contributed by atoms with van der Waals surface area (Å²) in [6.45, 7) is 42.2. The molecule has 2 amide bonds. The van der Waals surface area contributed by atoms with Crippen molar-refractivity contribution in [3.05, 3.63) is 174 Å². The van der Waals surface area contributed by atoms with Crippen molar-refractivity contribution in [2.45, 2.75) is 366 Å². The van der Waals surface area contributed by atoms with Gasteiger partial charge in [-0.2, -0.15) is 0 Å². The molecule has 29 heteroatoms. The fourth-order valence-electron chi connectivity index (χ4n) is 17.1. The Morgan fingerprint density at radius 3 is 0.912 bits per heavy atom. The van der Waals surface area contributed by atoms with Crippen LogP contribution in [0.1, 0.15) is 296 Å². The topological polar surface area (TPSA) is 273 Å². The number of likely N-dealkylation sites (tertiary alicyclic amines) is 5. The molecule has 137 heavy (non-hydrogen) atoms. The zero-order valence-corrected chi connectivity index (χ0v) is 88.6. The van der Waals surface area contributed by atoms with Gasteiger partial charge in [0.05, 0.1) is 66.0 Å². The van der Waals surface area contributed by atoms with E-state index in [4.69, 9.17) is 32.7 Å². The zero-order chi connectivity index (χ0) is 95.1. The summed E-state index contributed by atoms with van der Waals surface area (Å²) >= 11 is 7.14. The van der Waals surface area contributed by atoms with Gasteiger partial charge >= 0.3 is 58.7 Å². The standard InChI is InChI=1S/C19H27NO3.2C16H24NO.C15H21NO.C14H19NO.C10H17NO4.C5H9NO2.C3H5ClO2.C2H6.8CH4.Ag.4ClH.HI/c1-13-8-6-9-14(2)15(13)12-17(21)16-10-7-11-20(16)18(22)23-19(3,4)5;2*1-12-7-5-8-13(2)14(12)11-16(18)15-9-6-10-17(15,3)4;1-11-6-4-7-12(2)13(11)10-15(17)14-8-5-9-16(14)3;1-10-5-3-6-11(2)12(10)9-14(16)13-7-4-8-15-13;1-10(2,3)15-9(14)11-6-4-5-7(11)8(12)13;7-5(8)4-2-1-3-6-4;1-2-6-3(4)5;1-2;;;;;;;;;;;;;;/h6,8-9,16H,7,10-12H2,1-5H3;2*5,7-8,15H,6,9-11H2,1-4H3;4,6-7,14H,5,8-10H2,1-3H3;3,5-6,13,15H,4,7-9H2,1-2H3;7H,4-6H2,1-3H3,(H,12,13);4,6H,1-3H2,(H,7,8);2H2,1H3;1-2H3;8*1H4;;5*1H/q;2*+1;;;;;;;;;;;;;;;+1;;;;;/p-3/i;;;;;;;;1D;;;;;;;;;;;;;;. The molecule has 22 nitrogen and oxygen atoms in total. The predicted molar refractivity (Wildman–Crippen MR) is 566 cm³/mol. The largest absolute Gasteiger partial charge is 1.00 e. The van der Waals surface area contributed by atoms with E-state index >= 15 is 0 Å². The van der Waals surface area contributed by atoms with Gasteiger partial charge in [-0.25, -0.2) is 19.2 Å². The number of likely N-dealkylation sites (N-methyl/N-ethyl adjacent to an activating group) is 3. The smallest absolute Gasteiger partial charge is 1.00 e. The number of ether oxygens (including phenoxy) is 3. The first-order valence-corrected chi connectivity index (χ1v) is 46.8. The Bertz CT molecular complexity index is 4180. The first kappa shape index (κ1) is 149. The van der Waals surface area contributed by atoms with Gasteiger partial charge in [0.25, 0.3) is 0 Å². The molecule has 7 aliphatic rings. The minimum Gasteiger partial charge on any atom is -1.00 e. The summed E-state index contributed by atoms with van der Waals surface area (Å²) in [5, 5.41) is 23.4. The second-order valence-corrected chi connectivity index (χ2v) is 37.1. The zero-order valence-electron chi connectivity index (χ0n) is 82.1. The number of carboxylic acids is 2. The van der Waals surface area contributed by atoms with E-state index in [0.717, 1.165) is 129 Å². The van der Waals surface area contributed by atoms with Gasteiger partial charge in [-0.05, 0) is 292 Å². The third-order valence-corrected chi connectivity index (χ3v) is 24.3. The maximum absolute atomic E-state index is 12.8. The van der Waals surface area contributed by atoms with Gasteiger partial charge in [0.2, 0.25) is 0 Å². The number of Topliss-reactive ketones (excluding diaryl/α,β-unsaturated/α-hetero) is 5. The molecule has 12 rings (SSSR count). The molecule has 5 aromatic rings. The summed E-state index contributed by atoms with van der Waals surface area (Å²) in [6, 6.07) is 30.3. The Morgan fingerprint density at radius 1 is 0.423 bits per heavy atom. The number of rotatable bonds is 18. The van der Waals surface area contributed by atoms with Crippen LogP contribution in [-0.2, 0) is 99.9 Å². The number of amides is 2. The molecule has 7 saturated heterocycles. The van der Waals surface area contributed by atoms with Gasteiger partial charge in [-0.3, -0.25) is 43.5 Å². The van der Waals surface area contributed by atoms with E-state index in [1.807, 2.05) is 58.9 Å². The van der Waals surface area contributed by atoms with Crippen LogP contribution in [0.3, 0.4) is 0 Å². The van der Waals surface area contributed by atoms with Crippen LogP contribution in [0.15, 0.2) is 91.0 Å². The van der Waals surface area contributed by atoms with Crippen molar-refractivity contribution >= 4 is 104 Å². The Labute approximate surface area is 890 Å². The van der Waals surface area contributed by atoms with E-state index < -0.39 is 40.7 Å². The fraction of sp³-hybridized carbons (Fsp3) is 0.630. The van der Waals surface area contributed by atoms with E-state index in [2.05, 4.69) is 207 Å². The summed E-state index contributed by atoms with van der Waals surface area (Å²) in [7, 11) is 15.2. The number of nitrogens with one attached hydrogen (secondary N) is 2. The van der Waals surface area contributed by atoms with Crippen LogP contribution in [-0.4, -0.2) is 234 Å². The Kier molecular flexibility index (Phi) is 81.4. The van der Waals surface area contributed by atoms with Crippen molar-refractivity contribution in [2.24, 2.45) is 0 Å². The number of halogens is 6. The van der Waals surface area contributed by atoms with Crippen molar-refractivity contribution in [3.8, 4) is 0 Å². The van der Waals surface area contributed by atoms with Crippen LogP contribution in [0.4, 0.5) is 14.4 Å². The molecule has 0 saturated carbocycles. The van der Waals surface area contributed by atoms with Crippen LogP contribution >= 0.6 is 45.6 Å². The molecule has 0 radical (unpaired) electrons. The third kappa shape index (κ3) is 51.8. The van der Waals surface area contributed by atoms with Crippen molar-refractivity contribution in [1.29, 1.82) is 0 Å². The summed E-state index contributed by atoms with van der Waals surface area (Å²) < 4.78 is 22.7. The molecular formula is C108H186AgCl5IN7O15. The number of benzene rings is 5. The number of nitrogens with zero attached hydrogens (tertiary/aromatic N) is 5. The molecule has 4 N–H and O–H groups in total. The third-order valence-electron chi connectivity index (χ3n) is 24.2. The first-order valence-electron chi connectivity index (χ1n) is 45.2. The average Bonchev–Trinajstić information content (AvgIpc) is 1.66. The van der Waals surface area contributed by atoms with Gasteiger partial charge in [0, 0.05) is 83.8 Å². The minimum atomic E-state index is -0.960. The number of ketones is 5. The van der Waals surface area contributed by atoms with Crippen LogP contribution in [0.25, 0.3) is 0 Å². The van der Waals surface area contributed by atoms with Crippen molar-refractivity contribution in [2.75, 3.05) is 87.7 Å². The van der Waals surface area contributed by atoms with Crippen LogP contribution in [0, 0.1) is 69.2 Å². The Hall–Kier alpha value is -5.88. The Balaban J connectivity index is -0.000000169. The monoisotopic (exact) mass is 2230 g/mol. The molecule has 796 valence electrons. The predicted octanol–water partition coefficient (Wildman–Crippen LogP) is 18.1. The number of hydrogen-bond donors (Lipinski definition) is 4. The number of carboxylic acid groups (broad SMARTS) is 2. The second kappa shape index (κ2) is 75.0. The molecule has 7 fully saturated rings. The van der Waals surface area contributed by atoms with Crippen LogP contribution in [0.5, 0.6) is 0 Å². The van der Waals surface area contributed by atoms with E-state index in [-0.39, 0.29) is 169 Å². The SMILES string of the molecule is C.C.C.C.C.C.C.C.CC(C)(C)OC(=O)N1CCCC1C(=O)O.CCOC(=O)Cl.Cc1cccc(C)c1CC(=O)C1CCCN1.Cc1cccc(C)c1CC(=O)C1CCCN1C.Cc1cccc(C)c1CC(=O)C1CCCN1C(=O)OC(C)(C)C.Cc1cccc(C)c1CC(=O)C1CCC[N+]1(C)C.Cc1cccc(C)c1CC(=O)C1CCC[N+]1(C)C.Cl.Cl.O=C(O)C1CCCN1.[2H]CC.[Cl-].[Cl][Ag].[I-]. The summed E-state index contributed by atoms with van der Waals surface area (Å²) in [4.78, 5) is 122. The van der Waals surface area contributed by atoms with Crippen molar-refractivity contribution in [3.63, 3.8) is 0 Å². The molecular weight excluding hydrogens is 2050 g/mol. The molecule has 7 heterocycles. The van der Waals surface area contributed by atoms with Crippen molar-refractivity contribution in [1.82, 2.24) is 25.3 Å². The summed E-state index contributed by atoms with van der Waals surface area (Å²) in [5.74, 6) is -0.0336. The number of hydrogen-bond acceptors (Lipinski definition) is 16. The quantitative estimate of drug-likeness (QED) is 0.0209. The molecule has 0 spiro atoms. The second-order valence-electron chi connectivity index (χ2n) is 36.8. The molecule has 7 atom stereocenters. The van der Waals surface area contributed by atoms with E-state index in [9.17, 15) is 47.9 Å². The molecule has 7 aliphatic heterocycles. The minimum absolute atomic E-state index is 0. The molecule has 0 bridgehead atoms. The van der Waals surface area contributed by atoms with Gasteiger partial charge in [0.15, 0.2) is 28.9 Å². The fourth-order valence-corrected chi connectivity index (χ4v) is 17.2. The first-order chi connectivity index (χ1) is 59.1. The maximum atomic E-state index is 12.8. The maximum Gasteiger partial charge on any atom is -1.00 e. The van der Waals surface area contributed by atoms with Crippen LogP contribution in [0.2, 0.25) is 0 Å². The van der Waals surface area contributed by atoms with Crippen LogP contribution < -0.4 is 47.0 Å².